The molecule has 0 radical (unpaired) electrons. The lowest BCUT2D eigenvalue weighted by atomic mass is 10.2. The summed E-state index contributed by atoms with van der Waals surface area (Å²) in [7, 11) is 0. The SMILES string of the molecule is CCN1CCCC1CNCC(=O)Nc1ccc(OC(F)(F)F)cc1.O=C(O)C(=O)O. The van der Waals surface area contributed by atoms with Crippen molar-refractivity contribution in [2.75, 3.05) is 31.5 Å². The predicted octanol–water partition coefficient (Wildman–Crippen LogP) is 1.75. The molecule has 1 aliphatic heterocycles. The number of carbonyl (C=O) groups excluding carboxylic acids is 1. The molecule has 2 rings (SSSR count). The maximum atomic E-state index is 12.1. The lowest BCUT2D eigenvalue weighted by molar-refractivity contribution is -0.274. The van der Waals surface area contributed by atoms with Gasteiger partial charge in [-0.1, -0.05) is 6.92 Å². The number of nitrogens with one attached hydrogen (secondary N) is 2. The van der Waals surface area contributed by atoms with E-state index in [1.807, 2.05) is 0 Å². The number of carboxylic acid groups (broad SMARTS) is 2. The fourth-order valence-electron chi connectivity index (χ4n) is 2.84. The molecule has 30 heavy (non-hydrogen) atoms. The summed E-state index contributed by atoms with van der Waals surface area (Å²) in [5.74, 6) is -4.20. The molecule has 0 saturated carbocycles. The minimum absolute atomic E-state index is 0.162. The van der Waals surface area contributed by atoms with E-state index < -0.39 is 18.3 Å². The third-order valence-corrected chi connectivity index (χ3v) is 4.13. The van der Waals surface area contributed by atoms with Crippen molar-refractivity contribution < 1.29 is 42.5 Å². The van der Waals surface area contributed by atoms with E-state index in [9.17, 15) is 18.0 Å². The van der Waals surface area contributed by atoms with Crippen LogP contribution in [0.2, 0.25) is 0 Å². The van der Waals surface area contributed by atoms with Gasteiger partial charge in [-0.2, -0.15) is 0 Å². The summed E-state index contributed by atoms with van der Waals surface area (Å²) in [6, 6.07) is 5.52. The highest BCUT2D eigenvalue weighted by molar-refractivity contribution is 6.27. The van der Waals surface area contributed by atoms with Crippen LogP contribution in [-0.2, 0) is 14.4 Å². The maximum Gasteiger partial charge on any atom is 0.573 e. The second-order valence-electron chi connectivity index (χ2n) is 6.29. The van der Waals surface area contributed by atoms with Gasteiger partial charge in [-0.3, -0.25) is 9.69 Å². The van der Waals surface area contributed by atoms with Crippen molar-refractivity contribution in [2.24, 2.45) is 0 Å². The molecule has 0 bridgehead atoms. The molecular weight excluding hydrogens is 411 g/mol. The molecule has 0 aliphatic carbocycles. The summed E-state index contributed by atoms with van der Waals surface area (Å²) in [5, 5.41) is 20.5. The number of nitrogens with zero attached hydrogens (tertiary/aromatic N) is 1. The summed E-state index contributed by atoms with van der Waals surface area (Å²) in [5.41, 5.74) is 0.423. The summed E-state index contributed by atoms with van der Waals surface area (Å²) in [4.78, 5) is 32.4. The summed E-state index contributed by atoms with van der Waals surface area (Å²) >= 11 is 0. The number of benzene rings is 1. The number of halogens is 3. The number of amides is 1. The number of alkyl halides is 3. The lowest BCUT2D eigenvalue weighted by Crippen LogP contribution is -2.40. The van der Waals surface area contributed by atoms with Crippen molar-refractivity contribution in [1.29, 1.82) is 0 Å². The molecule has 1 unspecified atom stereocenters. The third kappa shape index (κ3) is 10.1. The first-order chi connectivity index (χ1) is 14.0. The molecule has 1 saturated heterocycles. The van der Waals surface area contributed by atoms with Crippen molar-refractivity contribution in [3.63, 3.8) is 0 Å². The van der Waals surface area contributed by atoms with Gasteiger partial charge in [-0.25, -0.2) is 9.59 Å². The standard InChI is InChI=1S/C16H22F3N3O2.C2H2O4/c1-2-22-9-3-4-13(22)10-20-11-15(23)21-12-5-7-14(8-6-12)24-16(17,18)19;3-1(4)2(5)6/h5-8,13,20H,2-4,9-11H2,1H3,(H,21,23);(H,3,4)(H,5,6). The van der Waals surface area contributed by atoms with Crippen LogP contribution in [0.15, 0.2) is 24.3 Å². The molecule has 9 nitrogen and oxygen atoms in total. The molecule has 0 aromatic heterocycles. The topological polar surface area (TPSA) is 128 Å². The Balaban J connectivity index is 0.000000656. The second-order valence-corrected chi connectivity index (χ2v) is 6.29. The molecular formula is C18H24F3N3O6. The summed E-state index contributed by atoms with van der Waals surface area (Å²) in [6.45, 7) is 5.14. The van der Waals surface area contributed by atoms with E-state index in [0.717, 1.165) is 38.2 Å². The van der Waals surface area contributed by atoms with Crippen molar-refractivity contribution in [1.82, 2.24) is 10.2 Å². The van der Waals surface area contributed by atoms with Gasteiger partial charge in [0.1, 0.15) is 5.75 Å². The van der Waals surface area contributed by atoms with Crippen LogP contribution in [0, 0.1) is 0 Å². The smallest absolute Gasteiger partial charge is 0.473 e. The van der Waals surface area contributed by atoms with Crippen molar-refractivity contribution in [3.8, 4) is 5.75 Å². The van der Waals surface area contributed by atoms with Gasteiger partial charge >= 0.3 is 18.3 Å². The molecule has 12 heteroatoms. The van der Waals surface area contributed by atoms with Gasteiger partial charge in [0.2, 0.25) is 5.91 Å². The fourth-order valence-corrected chi connectivity index (χ4v) is 2.84. The molecule has 1 aliphatic rings. The zero-order valence-electron chi connectivity index (χ0n) is 16.2. The minimum atomic E-state index is -4.72. The van der Waals surface area contributed by atoms with Crippen LogP contribution in [-0.4, -0.2) is 71.5 Å². The first kappa shape index (κ1) is 25.2. The Labute approximate surface area is 170 Å². The molecule has 1 atom stereocenters. The Kier molecular flexibility index (Phi) is 10.1. The number of likely N-dealkylation sites (N-methyl/N-ethyl adjacent to an activating group) is 1. The molecule has 0 spiro atoms. The number of rotatable bonds is 7. The van der Waals surface area contributed by atoms with Gasteiger partial charge in [0.15, 0.2) is 0 Å². The van der Waals surface area contributed by atoms with Crippen molar-refractivity contribution >= 4 is 23.5 Å². The molecule has 168 valence electrons. The van der Waals surface area contributed by atoms with Gasteiger partial charge in [-0.05, 0) is 50.2 Å². The van der Waals surface area contributed by atoms with Gasteiger partial charge in [0.05, 0.1) is 6.54 Å². The number of hydrogen-bond acceptors (Lipinski definition) is 6. The number of ether oxygens (including phenoxy) is 1. The molecule has 1 amide bonds. The van der Waals surface area contributed by atoms with E-state index in [-0.39, 0.29) is 18.2 Å². The molecule has 1 fully saturated rings. The van der Waals surface area contributed by atoms with Crippen LogP contribution in [0.25, 0.3) is 0 Å². The van der Waals surface area contributed by atoms with Crippen LogP contribution in [0.5, 0.6) is 5.75 Å². The normalized spacial score (nSPS) is 16.3. The number of likely N-dealkylation sites (tertiary alicyclic amines) is 1. The Hall–Kier alpha value is -2.86. The summed E-state index contributed by atoms with van der Waals surface area (Å²) in [6.07, 6.45) is -2.41. The maximum absolute atomic E-state index is 12.1. The highest BCUT2D eigenvalue weighted by atomic mass is 19.4. The van der Waals surface area contributed by atoms with E-state index in [1.165, 1.54) is 18.6 Å². The largest absolute Gasteiger partial charge is 0.573 e. The van der Waals surface area contributed by atoms with E-state index >= 15 is 0 Å². The number of carboxylic acids is 2. The van der Waals surface area contributed by atoms with Crippen molar-refractivity contribution in [2.45, 2.75) is 32.2 Å². The van der Waals surface area contributed by atoms with Crippen LogP contribution in [0.3, 0.4) is 0 Å². The summed E-state index contributed by atoms with van der Waals surface area (Å²) < 4.78 is 40.0. The van der Waals surface area contributed by atoms with Crippen LogP contribution in [0.1, 0.15) is 19.8 Å². The number of aliphatic carboxylic acids is 2. The number of anilines is 1. The van der Waals surface area contributed by atoms with E-state index in [1.54, 1.807) is 0 Å². The van der Waals surface area contributed by atoms with Crippen LogP contribution < -0.4 is 15.4 Å². The lowest BCUT2D eigenvalue weighted by Gasteiger charge is -2.22. The molecule has 4 N–H and O–H groups in total. The average molecular weight is 435 g/mol. The Morgan fingerprint density at radius 3 is 2.27 bits per heavy atom. The fraction of sp³-hybridized carbons (Fsp3) is 0.500. The minimum Gasteiger partial charge on any atom is -0.473 e. The first-order valence-corrected chi connectivity index (χ1v) is 9.08. The zero-order valence-corrected chi connectivity index (χ0v) is 16.2. The second kappa shape index (κ2) is 12.0. The monoisotopic (exact) mass is 435 g/mol. The van der Waals surface area contributed by atoms with Gasteiger partial charge in [0, 0.05) is 18.3 Å². The van der Waals surface area contributed by atoms with E-state index in [0.29, 0.717) is 11.7 Å². The van der Waals surface area contributed by atoms with Crippen LogP contribution >= 0.6 is 0 Å². The number of hydrogen-bond donors (Lipinski definition) is 4. The van der Waals surface area contributed by atoms with E-state index in [2.05, 4.69) is 27.2 Å². The molecule has 1 heterocycles. The highest BCUT2D eigenvalue weighted by Crippen LogP contribution is 2.23. The van der Waals surface area contributed by atoms with Gasteiger partial charge in [0.25, 0.3) is 0 Å². The van der Waals surface area contributed by atoms with Gasteiger partial charge in [-0.15, -0.1) is 13.2 Å². The Morgan fingerprint density at radius 1 is 1.17 bits per heavy atom. The third-order valence-electron chi connectivity index (χ3n) is 4.13. The van der Waals surface area contributed by atoms with Crippen molar-refractivity contribution in [3.05, 3.63) is 24.3 Å². The quantitative estimate of drug-likeness (QED) is 0.477. The first-order valence-electron chi connectivity index (χ1n) is 9.08. The molecule has 1 aromatic carbocycles. The predicted molar refractivity (Wildman–Crippen MR) is 100 cm³/mol. The average Bonchev–Trinajstić information content (AvgIpc) is 3.10. The van der Waals surface area contributed by atoms with E-state index in [4.69, 9.17) is 19.8 Å². The molecule has 1 aromatic rings. The Morgan fingerprint density at radius 2 is 1.77 bits per heavy atom. The highest BCUT2D eigenvalue weighted by Gasteiger charge is 2.31. The number of carbonyl (C=O) groups is 3. The van der Waals surface area contributed by atoms with Gasteiger partial charge < -0.3 is 25.6 Å². The van der Waals surface area contributed by atoms with Crippen LogP contribution in [0.4, 0.5) is 18.9 Å². The Bertz CT molecular complexity index is 700. The zero-order chi connectivity index (χ0) is 22.7.